The van der Waals surface area contributed by atoms with Gasteiger partial charge in [-0.3, -0.25) is 4.99 Å². The van der Waals surface area contributed by atoms with Gasteiger partial charge in [-0.15, -0.1) is 0 Å². The minimum Gasteiger partial charge on any atom is -0.368 e. The predicted molar refractivity (Wildman–Crippen MR) is 94.6 cm³/mol. The second kappa shape index (κ2) is 7.50. The van der Waals surface area contributed by atoms with Gasteiger partial charge in [-0.25, -0.2) is 0 Å². The quantitative estimate of drug-likeness (QED) is 0.632. The van der Waals surface area contributed by atoms with E-state index in [1.807, 2.05) is 12.1 Å². The average Bonchev–Trinajstić information content (AvgIpc) is 3.23. The summed E-state index contributed by atoms with van der Waals surface area (Å²) in [7, 11) is 1.78. The van der Waals surface area contributed by atoms with Crippen molar-refractivity contribution in [2.24, 2.45) is 4.99 Å². The smallest absolute Gasteiger partial charge is 0.191 e. The molecule has 1 aromatic heterocycles. The topological polar surface area (TPSA) is 65.7 Å². The zero-order valence-corrected chi connectivity index (χ0v) is 14.6. The average molecular weight is 378 g/mol. The van der Waals surface area contributed by atoms with E-state index < -0.39 is 0 Å². The van der Waals surface area contributed by atoms with E-state index in [0.717, 1.165) is 35.6 Å². The van der Waals surface area contributed by atoms with Crippen LogP contribution >= 0.6 is 15.9 Å². The molecule has 2 aromatic rings. The van der Waals surface area contributed by atoms with Gasteiger partial charge in [0.25, 0.3) is 0 Å². The number of para-hydroxylation sites is 1. The number of aromatic nitrogens is 1. The molecule has 7 heteroatoms. The number of rotatable bonds is 4. The molecule has 1 aromatic carbocycles. The van der Waals surface area contributed by atoms with Gasteiger partial charge in [0.1, 0.15) is 12.0 Å². The fourth-order valence-electron chi connectivity index (χ4n) is 2.70. The number of halogens is 1. The minimum absolute atomic E-state index is 0.366. The number of nitrogens with zero attached hydrogens (tertiary/aromatic N) is 3. The summed E-state index contributed by atoms with van der Waals surface area (Å²) >= 11 is 3.62. The van der Waals surface area contributed by atoms with Gasteiger partial charge in [0, 0.05) is 36.7 Å². The zero-order valence-electron chi connectivity index (χ0n) is 13.0. The molecule has 3 rings (SSSR count). The normalized spacial score (nSPS) is 18.3. The Morgan fingerprint density at radius 1 is 1.43 bits per heavy atom. The van der Waals surface area contributed by atoms with Gasteiger partial charge in [0.05, 0.1) is 12.2 Å². The Morgan fingerprint density at radius 2 is 2.30 bits per heavy atom. The molecule has 0 spiro atoms. The largest absolute Gasteiger partial charge is 0.368 e. The van der Waals surface area contributed by atoms with Crippen molar-refractivity contribution in [1.82, 2.24) is 15.8 Å². The molecule has 0 amide bonds. The Labute approximate surface area is 144 Å². The second-order valence-electron chi connectivity index (χ2n) is 5.44. The lowest BCUT2D eigenvalue weighted by Crippen LogP contribution is -2.44. The van der Waals surface area contributed by atoms with Crippen LogP contribution in [0.5, 0.6) is 0 Å². The molecule has 1 atom stereocenters. The van der Waals surface area contributed by atoms with Gasteiger partial charge in [-0.05, 0) is 34.5 Å². The molecule has 6 nitrogen and oxygen atoms in total. The second-order valence-corrected chi connectivity index (χ2v) is 6.30. The van der Waals surface area contributed by atoms with Crippen LogP contribution in [0.1, 0.15) is 12.1 Å². The summed E-state index contributed by atoms with van der Waals surface area (Å²) in [5, 5.41) is 10.6. The highest BCUT2D eigenvalue weighted by molar-refractivity contribution is 9.10. The van der Waals surface area contributed by atoms with Crippen LogP contribution in [0.25, 0.3) is 0 Å². The SMILES string of the molecule is CN=C(NCc1ccon1)NC1CCN(c2ccccc2Br)C1. The summed E-state index contributed by atoms with van der Waals surface area (Å²) in [4.78, 5) is 6.66. The van der Waals surface area contributed by atoms with Crippen LogP contribution in [0.3, 0.4) is 0 Å². The molecule has 0 aliphatic carbocycles. The summed E-state index contributed by atoms with van der Waals surface area (Å²) in [6.45, 7) is 2.57. The van der Waals surface area contributed by atoms with E-state index in [2.05, 4.69) is 59.8 Å². The standard InChI is InChI=1S/C16H20BrN5O/c1-18-16(19-10-12-7-9-23-21-12)20-13-6-8-22(11-13)15-5-3-2-4-14(15)17/h2-5,7,9,13H,6,8,10-11H2,1H3,(H2,18,19,20). The lowest BCUT2D eigenvalue weighted by Gasteiger charge is -2.21. The van der Waals surface area contributed by atoms with Crippen molar-refractivity contribution in [2.45, 2.75) is 19.0 Å². The fraction of sp³-hybridized carbons (Fsp3) is 0.375. The molecule has 2 heterocycles. The molecular formula is C16H20BrN5O. The molecular weight excluding hydrogens is 358 g/mol. The predicted octanol–water partition coefficient (Wildman–Crippen LogP) is 2.38. The monoisotopic (exact) mass is 377 g/mol. The summed E-state index contributed by atoms with van der Waals surface area (Å²) < 4.78 is 5.96. The first-order valence-corrected chi connectivity index (χ1v) is 8.41. The number of anilines is 1. The summed E-state index contributed by atoms with van der Waals surface area (Å²) in [5.74, 6) is 0.784. The summed E-state index contributed by atoms with van der Waals surface area (Å²) in [6.07, 6.45) is 2.64. The highest BCUT2D eigenvalue weighted by atomic mass is 79.9. The molecule has 1 aliphatic rings. The van der Waals surface area contributed by atoms with Crippen molar-refractivity contribution >= 4 is 27.6 Å². The summed E-state index contributed by atoms with van der Waals surface area (Å²) in [6, 6.07) is 10.5. The number of hydrogen-bond donors (Lipinski definition) is 2. The maximum absolute atomic E-state index is 4.83. The van der Waals surface area contributed by atoms with Gasteiger partial charge in [0.2, 0.25) is 0 Å². The lowest BCUT2D eigenvalue weighted by molar-refractivity contribution is 0.410. The highest BCUT2D eigenvalue weighted by Gasteiger charge is 2.24. The minimum atomic E-state index is 0.366. The zero-order chi connectivity index (χ0) is 16.1. The van der Waals surface area contributed by atoms with Gasteiger partial charge in [0.15, 0.2) is 5.96 Å². The van der Waals surface area contributed by atoms with E-state index in [-0.39, 0.29) is 0 Å². The third-order valence-corrected chi connectivity index (χ3v) is 4.54. The van der Waals surface area contributed by atoms with Crippen LogP contribution < -0.4 is 15.5 Å². The van der Waals surface area contributed by atoms with E-state index in [1.54, 1.807) is 13.3 Å². The van der Waals surface area contributed by atoms with Crippen LogP contribution in [0.2, 0.25) is 0 Å². The van der Waals surface area contributed by atoms with Gasteiger partial charge in [-0.2, -0.15) is 0 Å². The third-order valence-electron chi connectivity index (χ3n) is 3.87. The molecule has 2 N–H and O–H groups in total. The number of nitrogens with one attached hydrogen (secondary N) is 2. The first kappa shape index (κ1) is 15.9. The Bertz CT molecular complexity index is 658. The Balaban J connectivity index is 1.53. The van der Waals surface area contributed by atoms with E-state index in [4.69, 9.17) is 4.52 Å². The molecule has 0 radical (unpaired) electrons. The van der Waals surface area contributed by atoms with Crippen LogP contribution in [0, 0.1) is 0 Å². The first-order chi connectivity index (χ1) is 11.3. The van der Waals surface area contributed by atoms with Gasteiger partial charge < -0.3 is 20.1 Å². The molecule has 122 valence electrons. The maximum Gasteiger partial charge on any atom is 0.191 e. The lowest BCUT2D eigenvalue weighted by atomic mass is 10.2. The van der Waals surface area contributed by atoms with Gasteiger partial charge >= 0.3 is 0 Å². The van der Waals surface area contributed by atoms with Crippen molar-refractivity contribution in [3.05, 3.63) is 46.8 Å². The van der Waals surface area contributed by atoms with E-state index in [0.29, 0.717) is 12.6 Å². The van der Waals surface area contributed by atoms with Crippen LogP contribution in [-0.4, -0.2) is 37.3 Å². The molecule has 0 bridgehead atoms. The fourth-order valence-corrected chi connectivity index (χ4v) is 3.23. The molecule has 1 aliphatic heterocycles. The van der Waals surface area contributed by atoms with Crippen LogP contribution in [0.4, 0.5) is 5.69 Å². The number of benzene rings is 1. The number of hydrogen-bond acceptors (Lipinski definition) is 4. The Hall–Kier alpha value is -2.02. The number of aliphatic imine (C=N–C) groups is 1. The molecule has 0 saturated carbocycles. The maximum atomic E-state index is 4.83. The Morgan fingerprint density at radius 3 is 3.04 bits per heavy atom. The van der Waals surface area contributed by atoms with Crippen LogP contribution in [-0.2, 0) is 6.54 Å². The first-order valence-electron chi connectivity index (χ1n) is 7.62. The Kier molecular flexibility index (Phi) is 5.17. The van der Waals surface area contributed by atoms with Crippen molar-refractivity contribution in [3.8, 4) is 0 Å². The van der Waals surface area contributed by atoms with Crippen molar-refractivity contribution in [1.29, 1.82) is 0 Å². The van der Waals surface area contributed by atoms with Crippen molar-refractivity contribution < 1.29 is 4.52 Å². The third kappa shape index (κ3) is 4.04. The van der Waals surface area contributed by atoms with Crippen molar-refractivity contribution in [2.75, 3.05) is 25.0 Å². The molecule has 23 heavy (non-hydrogen) atoms. The molecule has 1 unspecified atom stereocenters. The highest BCUT2D eigenvalue weighted by Crippen LogP contribution is 2.28. The van der Waals surface area contributed by atoms with E-state index in [1.165, 1.54) is 5.69 Å². The molecule has 1 saturated heterocycles. The molecule has 1 fully saturated rings. The number of guanidine groups is 1. The van der Waals surface area contributed by atoms with E-state index in [9.17, 15) is 0 Å². The summed E-state index contributed by atoms with van der Waals surface area (Å²) in [5.41, 5.74) is 2.09. The van der Waals surface area contributed by atoms with Crippen molar-refractivity contribution in [3.63, 3.8) is 0 Å². The van der Waals surface area contributed by atoms with E-state index >= 15 is 0 Å². The van der Waals surface area contributed by atoms with Gasteiger partial charge in [-0.1, -0.05) is 17.3 Å². The van der Waals surface area contributed by atoms with Crippen LogP contribution in [0.15, 0.2) is 50.6 Å².